The topological polar surface area (TPSA) is 68.1 Å². The fourth-order valence-corrected chi connectivity index (χ4v) is 3.38. The van der Waals surface area contributed by atoms with Crippen molar-refractivity contribution in [3.8, 4) is 11.3 Å². The molecule has 4 rings (SSSR count). The molecule has 1 aliphatic rings. The average Bonchev–Trinajstić information content (AvgIpc) is 3.11. The van der Waals surface area contributed by atoms with Crippen molar-refractivity contribution in [1.82, 2.24) is 14.8 Å². The van der Waals surface area contributed by atoms with Gasteiger partial charge in [-0.2, -0.15) is 10.1 Å². The molecule has 0 saturated carbocycles. The molecule has 1 unspecified atom stereocenters. The van der Waals surface area contributed by atoms with Crippen LogP contribution in [-0.2, 0) is 11.2 Å². The molecule has 0 aliphatic carbocycles. The molecule has 1 aliphatic heterocycles. The van der Waals surface area contributed by atoms with Gasteiger partial charge in [0.2, 0.25) is 0 Å². The lowest BCUT2D eigenvalue weighted by atomic mass is 10.1. The predicted molar refractivity (Wildman–Crippen MR) is 104 cm³/mol. The lowest BCUT2D eigenvalue weighted by molar-refractivity contribution is -0.121. The fraction of sp³-hybridized carbons (Fsp3) is 0.238. The highest BCUT2D eigenvalue weighted by atomic mass is 16.2. The van der Waals surface area contributed by atoms with Crippen molar-refractivity contribution in [2.75, 3.05) is 11.4 Å². The second-order valence-corrected chi connectivity index (χ2v) is 6.78. The van der Waals surface area contributed by atoms with Crippen LogP contribution in [0.25, 0.3) is 11.3 Å². The number of aryl methyl sites for hydroxylation is 1. The second-order valence-electron chi connectivity index (χ2n) is 6.78. The molecular weight excluding hydrogens is 340 g/mol. The predicted octanol–water partition coefficient (Wildman–Crippen LogP) is 2.76. The van der Waals surface area contributed by atoms with Crippen molar-refractivity contribution >= 4 is 11.6 Å². The molecule has 2 heterocycles. The van der Waals surface area contributed by atoms with E-state index in [2.05, 4.69) is 10.1 Å². The van der Waals surface area contributed by atoms with Gasteiger partial charge in [0.15, 0.2) is 0 Å². The smallest absolute Gasteiger partial charge is 0.310 e. The van der Waals surface area contributed by atoms with E-state index >= 15 is 0 Å². The van der Waals surface area contributed by atoms with Crippen LogP contribution in [0.5, 0.6) is 0 Å². The largest absolute Gasteiger partial charge is 0.365 e. The molecule has 27 heavy (non-hydrogen) atoms. The molecule has 6 nitrogen and oxygen atoms in total. The summed E-state index contributed by atoms with van der Waals surface area (Å²) in [5.41, 5.74) is 3.98. The number of fused-ring (bicyclic) bond motifs is 1. The first-order chi connectivity index (χ1) is 13.0. The Labute approximate surface area is 157 Å². The summed E-state index contributed by atoms with van der Waals surface area (Å²) < 4.78 is 1.15. The van der Waals surface area contributed by atoms with Gasteiger partial charge in [0.1, 0.15) is 6.04 Å². The van der Waals surface area contributed by atoms with Gasteiger partial charge in [-0.3, -0.25) is 4.79 Å². The first kappa shape index (κ1) is 17.1. The van der Waals surface area contributed by atoms with E-state index in [-0.39, 0.29) is 5.91 Å². The third-order valence-corrected chi connectivity index (χ3v) is 4.94. The Hall–Kier alpha value is -3.28. The Kier molecular flexibility index (Phi) is 4.32. The summed E-state index contributed by atoms with van der Waals surface area (Å²) in [7, 11) is 0. The van der Waals surface area contributed by atoms with Crippen molar-refractivity contribution in [3.63, 3.8) is 0 Å². The highest BCUT2D eigenvalue weighted by Crippen LogP contribution is 2.29. The van der Waals surface area contributed by atoms with Crippen molar-refractivity contribution < 1.29 is 4.79 Å². The van der Waals surface area contributed by atoms with E-state index in [4.69, 9.17) is 0 Å². The minimum absolute atomic E-state index is 0.153. The molecule has 0 radical (unpaired) electrons. The Morgan fingerprint density at radius 3 is 2.59 bits per heavy atom. The monoisotopic (exact) mass is 360 g/mol. The molecule has 136 valence electrons. The van der Waals surface area contributed by atoms with Gasteiger partial charge in [-0.1, -0.05) is 48.0 Å². The number of aromatic nitrogens is 3. The first-order valence-electron chi connectivity index (χ1n) is 8.97. The number of rotatable bonds is 3. The van der Waals surface area contributed by atoms with E-state index in [1.165, 1.54) is 6.20 Å². The molecule has 0 N–H and O–H groups in total. The Morgan fingerprint density at radius 2 is 1.85 bits per heavy atom. The zero-order valence-corrected chi connectivity index (χ0v) is 15.3. The molecular formula is C21H20N4O2. The zero-order valence-electron chi connectivity index (χ0n) is 15.3. The third kappa shape index (κ3) is 3.14. The van der Waals surface area contributed by atoms with Crippen molar-refractivity contribution in [2.45, 2.75) is 26.3 Å². The standard InChI is InChI=1S/C21H20N4O2/c1-14-7-9-16(10-8-14)18-13-22-25(21(27)23-18)15(2)20(26)24-12-11-17-5-3-4-6-19(17)24/h3-10,13,15H,11-12H2,1-2H3. The number of benzene rings is 2. The van der Waals surface area contributed by atoms with Gasteiger partial charge in [-0.15, -0.1) is 0 Å². The molecule has 2 aromatic carbocycles. The highest BCUT2D eigenvalue weighted by molar-refractivity contribution is 5.97. The number of carbonyl (C=O) groups excluding carboxylic acids is 1. The summed E-state index contributed by atoms with van der Waals surface area (Å²) >= 11 is 0. The van der Waals surface area contributed by atoms with E-state index in [1.807, 2.05) is 55.5 Å². The van der Waals surface area contributed by atoms with Gasteiger partial charge in [0.05, 0.1) is 11.9 Å². The normalized spacial score (nSPS) is 14.1. The van der Waals surface area contributed by atoms with Crippen molar-refractivity contribution in [3.05, 3.63) is 76.3 Å². The highest BCUT2D eigenvalue weighted by Gasteiger charge is 2.29. The number of hydrogen-bond donors (Lipinski definition) is 0. The van der Waals surface area contributed by atoms with Crippen molar-refractivity contribution in [1.29, 1.82) is 0 Å². The van der Waals surface area contributed by atoms with E-state index in [0.29, 0.717) is 12.2 Å². The van der Waals surface area contributed by atoms with Crippen LogP contribution in [0.3, 0.4) is 0 Å². The Balaban J connectivity index is 1.61. The molecule has 3 aromatic rings. The minimum atomic E-state index is -0.719. The summed E-state index contributed by atoms with van der Waals surface area (Å²) in [5.74, 6) is -0.153. The van der Waals surface area contributed by atoms with Crippen molar-refractivity contribution in [2.24, 2.45) is 0 Å². The summed E-state index contributed by atoms with van der Waals surface area (Å²) in [4.78, 5) is 31.3. The second kappa shape index (κ2) is 6.79. The molecule has 0 fully saturated rings. The number of hydrogen-bond acceptors (Lipinski definition) is 4. The number of anilines is 1. The molecule has 1 atom stereocenters. The lowest BCUT2D eigenvalue weighted by Gasteiger charge is -2.22. The van der Waals surface area contributed by atoms with Crippen LogP contribution in [0.1, 0.15) is 24.1 Å². The van der Waals surface area contributed by atoms with Gasteiger partial charge in [0.25, 0.3) is 5.91 Å². The zero-order chi connectivity index (χ0) is 19.0. The SMILES string of the molecule is Cc1ccc(-c2cnn(C(C)C(=O)N3CCc4ccccc43)c(=O)n2)cc1. The summed E-state index contributed by atoms with van der Waals surface area (Å²) in [6.07, 6.45) is 2.36. The molecule has 1 amide bonds. The maximum atomic E-state index is 13.0. The van der Waals surface area contributed by atoms with Gasteiger partial charge < -0.3 is 4.90 Å². The minimum Gasteiger partial charge on any atom is -0.310 e. The third-order valence-electron chi connectivity index (χ3n) is 4.94. The van der Waals surface area contributed by atoms with Crippen LogP contribution in [0.2, 0.25) is 0 Å². The Morgan fingerprint density at radius 1 is 1.11 bits per heavy atom. The van der Waals surface area contributed by atoms with Gasteiger partial charge >= 0.3 is 5.69 Å². The maximum absolute atomic E-state index is 13.0. The van der Waals surface area contributed by atoms with Crippen LogP contribution < -0.4 is 10.6 Å². The number of amides is 1. The number of para-hydroxylation sites is 1. The summed E-state index contributed by atoms with van der Waals surface area (Å²) in [6, 6.07) is 14.8. The van der Waals surface area contributed by atoms with Crippen LogP contribution in [0.4, 0.5) is 5.69 Å². The number of nitrogens with zero attached hydrogens (tertiary/aromatic N) is 4. The lowest BCUT2D eigenvalue weighted by Crippen LogP contribution is -2.40. The average molecular weight is 360 g/mol. The van der Waals surface area contributed by atoms with Crippen LogP contribution in [0, 0.1) is 6.92 Å². The van der Waals surface area contributed by atoms with Gasteiger partial charge in [0, 0.05) is 17.8 Å². The quantitative estimate of drug-likeness (QED) is 0.720. The summed E-state index contributed by atoms with van der Waals surface area (Å²) in [6.45, 7) is 4.30. The molecule has 0 bridgehead atoms. The molecule has 0 saturated heterocycles. The van der Waals surface area contributed by atoms with E-state index in [1.54, 1.807) is 11.8 Å². The van der Waals surface area contributed by atoms with E-state index in [9.17, 15) is 9.59 Å². The van der Waals surface area contributed by atoms with Crippen LogP contribution >= 0.6 is 0 Å². The first-order valence-corrected chi connectivity index (χ1v) is 8.97. The fourth-order valence-electron chi connectivity index (χ4n) is 3.38. The van der Waals surface area contributed by atoms with Gasteiger partial charge in [-0.05, 0) is 31.9 Å². The van der Waals surface area contributed by atoms with Crippen LogP contribution in [0.15, 0.2) is 59.5 Å². The molecule has 1 aromatic heterocycles. The van der Waals surface area contributed by atoms with E-state index in [0.717, 1.165) is 33.5 Å². The summed E-state index contributed by atoms with van der Waals surface area (Å²) in [5, 5.41) is 4.22. The molecule has 0 spiro atoms. The maximum Gasteiger partial charge on any atom is 0.365 e. The van der Waals surface area contributed by atoms with Crippen LogP contribution in [-0.4, -0.2) is 27.2 Å². The van der Waals surface area contributed by atoms with Gasteiger partial charge in [-0.25, -0.2) is 9.48 Å². The Bertz CT molecular complexity index is 1060. The number of carbonyl (C=O) groups is 1. The molecule has 6 heteroatoms. The van der Waals surface area contributed by atoms with E-state index < -0.39 is 11.7 Å².